The lowest BCUT2D eigenvalue weighted by atomic mass is 10.00. The molecule has 0 aromatic heterocycles. The van der Waals surface area contributed by atoms with Crippen molar-refractivity contribution >= 4 is 5.91 Å². The first-order chi connectivity index (χ1) is 7.54. The van der Waals surface area contributed by atoms with E-state index in [-0.39, 0.29) is 0 Å². The molecule has 1 N–H and O–H groups in total. The van der Waals surface area contributed by atoms with Gasteiger partial charge in [-0.3, -0.25) is 4.79 Å². The fourth-order valence-electron chi connectivity index (χ4n) is 2.08. The van der Waals surface area contributed by atoms with E-state index in [2.05, 4.69) is 26.1 Å². The molecule has 1 saturated heterocycles. The van der Waals surface area contributed by atoms with Crippen LogP contribution in [0.3, 0.4) is 0 Å². The quantitative estimate of drug-likeness (QED) is 0.795. The molecule has 0 bridgehead atoms. The summed E-state index contributed by atoms with van der Waals surface area (Å²) < 4.78 is 0. The van der Waals surface area contributed by atoms with Crippen molar-refractivity contribution in [1.82, 2.24) is 10.2 Å². The van der Waals surface area contributed by atoms with Crippen molar-refractivity contribution in [3.05, 3.63) is 0 Å². The SMILES string of the molecule is CCC(=O)N1CCC(NC(C)C(C)C)CC1. The summed E-state index contributed by atoms with van der Waals surface area (Å²) in [6, 6.07) is 1.16. The summed E-state index contributed by atoms with van der Waals surface area (Å²) in [4.78, 5) is 13.5. The van der Waals surface area contributed by atoms with Crippen LogP contribution >= 0.6 is 0 Å². The molecule has 0 aromatic carbocycles. The van der Waals surface area contributed by atoms with Crippen molar-refractivity contribution in [3.63, 3.8) is 0 Å². The number of likely N-dealkylation sites (tertiary alicyclic amines) is 1. The lowest BCUT2D eigenvalue weighted by Gasteiger charge is -2.34. The third-order valence-corrected chi connectivity index (χ3v) is 3.65. The average molecular weight is 226 g/mol. The average Bonchev–Trinajstić information content (AvgIpc) is 2.28. The number of amides is 1. The molecule has 0 spiro atoms. The van der Waals surface area contributed by atoms with Gasteiger partial charge in [0.1, 0.15) is 0 Å². The van der Waals surface area contributed by atoms with Gasteiger partial charge in [0.05, 0.1) is 0 Å². The van der Waals surface area contributed by atoms with Crippen molar-refractivity contribution in [2.75, 3.05) is 13.1 Å². The molecule has 0 aromatic rings. The van der Waals surface area contributed by atoms with E-state index in [1.54, 1.807) is 0 Å². The summed E-state index contributed by atoms with van der Waals surface area (Å²) in [6.45, 7) is 10.5. The molecule has 16 heavy (non-hydrogen) atoms. The zero-order valence-corrected chi connectivity index (χ0v) is 11.1. The maximum atomic E-state index is 11.5. The van der Waals surface area contributed by atoms with Gasteiger partial charge in [-0.1, -0.05) is 20.8 Å². The van der Waals surface area contributed by atoms with Gasteiger partial charge in [0.25, 0.3) is 0 Å². The van der Waals surface area contributed by atoms with E-state index in [4.69, 9.17) is 0 Å². The summed E-state index contributed by atoms with van der Waals surface area (Å²) in [5.74, 6) is 0.977. The van der Waals surface area contributed by atoms with Crippen molar-refractivity contribution < 1.29 is 4.79 Å². The maximum absolute atomic E-state index is 11.5. The minimum absolute atomic E-state index is 0.301. The zero-order chi connectivity index (χ0) is 12.1. The van der Waals surface area contributed by atoms with Crippen LogP contribution in [0.25, 0.3) is 0 Å². The summed E-state index contributed by atoms with van der Waals surface area (Å²) >= 11 is 0. The lowest BCUT2D eigenvalue weighted by molar-refractivity contribution is -0.131. The number of nitrogens with one attached hydrogen (secondary N) is 1. The van der Waals surface area contributed by atoms with Crippen LogP contribution in [0.2, 0.25) is 0 Å². The van der Waals surface area contributed by atoms with E-state index in [1.807, 2.05) is 11.8 Å². The summed E-state index contributed by atoms with van der Waals surface area (Å²) in [5.41, 5.74) is 0. The lowest BCUT2D eigenvalue weighted by Crippen LogP contribution is -2.48. The Kier molecular flexibility index (Phi) is 5.26. The summed E-state index contributed by atoms with van der Waals surface area (Å²) in [5, 5.41) is 3.66. The topological polar surface area (TPSA) is 32.3 Å². The molecule has 3 nitrogen and oxygen atoms in total. The Hall–Kier alpha value is -0.570. The first-order valence-corrected chi connectivity index (χ1v) is 6.58. The molecular formula is C13H26N2O. The smallest absolute Gasteiger partial charge is 0.222 e. The fraction of sp³-hybridized carbons (Fsp3) is 0.923. The van der Waals surface area contributed by atoms with Crippen LogP contribution in [0.5, 0.6) is 0 Å². The molecule has 3 heteroatoms. The highest BCUT2D eigenvalue weighted by Gasteiger charge is 2.23. The van der Waals surface area contributed by atoms with E-state index in [0.29, 0.717) is 30.3 Å². The Morgan fingerprint density at radius 1 is 1.31 bits per heavy atom. The standard InChI is InChI=1S/C13H26N2O/c1-5-13(16)15-8-6-12(7-9-15)14-11(4)10(2)3/h10-12,14H,5-9H2,1-4H3. The van der Waals surface area contributed by atoms with Gasteiger partial charge in [-0.05, 0) is 25.7 Å². The first-order valence-electron chi connectivity index (χ1n) is 6.58. The second-order valence-electron chi connectivity index (χ2n) is 5.21. The molecule has 1 amide bonds. The monoisotopic (exact) mass is 226 g/mol. The molecular weight excluding hydrogens is 200 g/mol. The first kappa shape index (κ1) is 13.5. The number of carbonyl (C=O) groups is 1. The third kappa shape index (κ3) is 3.78. The number of carbonyl (C=O) groups excluding carboxylic acids is 1. The Morgan fingerprint density at radius 3 is 2.31 bits per heavy atom. The van der Waals surface area contributed by atoms with Crippen LogP contribution in [0.4, 0.5) is 0 Å². The minimum atomic E-state index is 0.301. The minimum Gasteiger partial charge on any atom is -0.343 e. The van der Waals surface area contributed by atoms with Crippen molar-refractivity contribution in [3.8, 4) is 0 Å². The Labute approximate surface area is 99.6 Å². The van der Waals surface area contributed by atoms with E-state index in [0.717, 1.165) is 25.9 Å². The number of piperidine rings is 1. The molecule has 0 saturated carbocycles. The van der Waals surface area contributed by atoms with Crippen LogP contribution in [0.15, 0.2) is 0 Å². The van der Waals surface area contributed by atoms with Crippen molar-refractivity contribution in [2.24, 2.45) is 5.92 Å². The zero-order valence-electron chi connectivity index (χ0n) is 11.1. The largest absolute Gasteiger partial charge is 0.343 e. The molecule has 1 aliphatic heterocycles. The normalized spacial score (nSPS) is 20.2. The second-order valence-corrected chi connectivity index (χ2v) is 5.21. The molecule has 1 rings (SSSR count). The van der Waals surface area contributed by atoms with Gasteiger partial charge in [0.2, 0.25) is 5.91 Å². The molecule has 94 valence electrons. The molecule has 1 unspecified atom stereocenters. The highest BCUT2D eigenvalue weighted by atomic mass is 16.2. The Bertz CT molecular complexity index is 220. The summed E-state index contributed by atoms with van der Waals surface area (Å²) in [7, 11) is 0. The van der Waals surface area contributed by atoms with Crippen molar-refractivity contribution in [2.45, 2.75) is 59.0 Å². The maximum Gasteiger partial charge on any atom is 0.222 e. The second kappa shape index (κ2) is 6.24. The van der Waals surface area contributed by atoms with E-state index in [9.17, 15) is 4.79 Å². The molecule has 1 heterocycles. The van der Waals surface area contributed by atoms with Crippen LogP contribution in [-0.2, 0) is 4.79 Å². The highest BCUT2D eigenvalue weighted by molar-refractivity contribution is 5.75. The predicted octanol–water partition coefficient (Wildman–Crippen LogP) is 2.02. The Balaban J connectivity index is 2.29. The predicted molar refractivity (Wildman–Crippen MR) is 67.3 cm³/mol. The van der Waals surface area contributed by atoms with Crippen molar-refractivity contribution in [1.29, 1.82) is 0 Å². The third-order valence-electron chi connectivity index (χ3n) is 3.65. The van der Waals surface area contributed by atoms with E-state index in [1.165, 1.54) is 0 Å². The van der Waals surface area contributed by atoms with Gasteiger partial charge in [-0.25, -0.2) is 0 Å². The van der Waals surface area contributed by atoms with Crippen LogP contribution < -0.4 is 5.32 Å². The fourth-order valence-corrected chi connectivity index (χ4v) is 2.08. The molecule has 1 atom stereocenters. The number of rotatable bonds is 4. The molecule has 1 fully saturated rings. The van der Waals surface area contributed by atoms with Gasteiger partial charge in [-0.15, -0.1) is 0 Å². The van der Waals surface area contributed by atoms with Gasteiger partial charge < -0.3 is 10.2 Å². The molecule has 1 aliphatic rings. The Morgan fingerprint density at radius 2 is 1.88 bits per heavy atom. The molecule has 0 aliphatic carbocycles. The van der Waals surface area contributed by atoms with Gasteiger partial charge in [0, 0.05) is 31.6 Å². The van der Waals surface area contributed by atoms with Gasteiger partial charge in [-0.2, -0.15) is 0 Å². The van der Waals surface area contributed by atoms with Gasteiger partial charge in [0.15, 0.2) is 0 Å². The van der Waals surface area contributed by atoms with Crippen LogP contribution in [-0.4, -0.2) is 36.0 Å². The van der Waals surface area contributed by atoms with Gasteiger partial charge >= 0.3 is 0 Å². The molecule has 0 radical (unpaired) electrons. The highest BCUT2D eigenvalue weighted by Crippen LogP contribution is 2.13. The number of hydrogen-bond donors (Lipinski definition) is 1. The summed E-state index contributed by atoms with van der Waals surface area (Å²) in [6.07, 6.45) is 2.84. The van der Waals surface area contributed by atoms with E-state index < -0.39 is 0 Å². The van der Waals surface area contributed by atoms with Crippen LogP contribution in [0, 0.1) is 5.92 Å². The van der Waals surface area contributed by atoms with Crippen LogP contribution in [0.1, 0.15) is 47.0 Å². The number of nitrogens with zero attached hydrogens (tertiary/aromatic N) is 1. The number of hydrogen-bond acceptors (Lipinski definition) is 2. The van der Waals surface area contributed by atoms with E-state index >= 15 is 0 Å².